The molecule has 152 valence electrons. The molecule has 0 radical (unpaired) electrons. The molecule has 0 aliphatic heterocycles. The Bertz CT molecular complexity index is 1140. The fourth-order valence-corrected chi connectivity index (χ4v) is 4.71. The SMILES string of the molecule is CCCC(=O)c1c(NS(=O)(=O)c2ccccc2)c(C)c(-c2ccc(Cl)cc2)n1C. The largest absolute Gasteiger partial charge is 0.339 e. The van der Waals surface area contributed by atoms with Crippen molar-refractivity contribution in [1.82, 2.24) is 4.57 Å². The van der Waals surface area contributed by atoms with E-state index in [1.54, 1.807) is 41.9 Å². The molecule has 0 fully saturated rings. The van der Waals surface area contributed by atoms with Gasteiger partial charge in [0.05, 0.1) is 16.3 Å². The Morgan fingerprint density at radius 3 is 2.28 bits per heavy atom. The Hall–Kier alpha value is -2.57. The summed E-state index contributed by atoms with van der Waals surface area (Å²) in [7, 11) is -2.06. The van der Waals surface area contributed by atoms with Crippen molar-refractivity contribution in [3.05, 3.63) is 70.9 Å². The van der Waals surface area contributed by atoms with E-state index in [1.165, 1.54) is 12.1 Å². The Labute approximate surface area is 176 Å². The molecule has 0 spiro atoms. The van der Waals surface area contributed by atoms with Crippen LogP contribution in [0.3, 0.4) is 0 Å². The van der Waals surface area contributed by atoms with Crippen molar-refractivity contribution in [1.29, 1.82) is 0 Å². The maximum absolute atomic E-state index is 12.9. The molecule has 3 aromatic rings. The van der Waals surface area contributed by atoms with Gasteiger partial charge in [0.1, 0.15) is 5.69 Å². The van der Waals surface area contributed by atoms with Crippen molar-refractivity contribution in [2.75, 3.05) is 4.72 Å². The monoisotopic (exact) mass is 430 g/mol. The van der Waals surface area contributed by atoms with Gasteiger partial charge >= 0.3 is 0 Å². The third-order valence-corrected chi connectivity index (χ3v) is 6.40. The lowest BCUT2D eigenvalue weighted by Gasteiger charge is -2.11. The van der Waals surface area contributed by atoms with Gasteiger partial charge in [0, 0.05) is 18.5 Å². The van der Waals surface area contributed by atoms with Gasteiger partial charge in [0.25, 0.3) is 10.0 Å². The lowest BCUT2D eigenvalue weighted by molar-refractivity contribution is 0.0975. The fourth-order valence-electron chi connectivity index (χ4n) is 3.43. The lowest BCUT2D eigenvalue weighted by Crippen LogP contribution is -2.16. The number of ketones is 1. The van der Waals surface area contributed by atoms with Crippen LogP contribution in [0.1, 0.15) is 35.8 Å². The van der Waals surface area contributed by atoms with Crippen LogP contribution in [-0.4, -0.2) is 18.8 Å². The van der Waals surface area contributed by atoms with Crippen LogP contribution in [0.4, 0.5) is 5.69 Å². The Balaban J connectivity index is 2.18. The van der Waals surface area contributed by atoms with Crippen LogP contribution < -0.4 is 4.72 Å². The molecule has 0 amide bonds. The predicted molar refractivity (Wildman–Crippen MR) is 117 cm³/mol. The molecule has 3 rings (SSSR count). The van der Waals surface area contributed by atoms with Crippen LogP contribution in [0.5, 0.6) is 0 Å². The van der Waals surface area contributed by atoms with Crippen LogP contribution in [0, 0.1) is 6.92 Å². The number of sulfonamides is 1. The van der Waals surface area contributed by atoms with E-state index in [4.69, 9.17) is 11.6 Å². The zero-order valence-corrected chi connectivity index (χ0v) is 18.1. The second kappa shape index (κ2) is 8.43. The lowest BCUT2D eigenvalue weighted by atomic mass is 10.1. The first kappa shape index (κ1) is 21.1. The highest BCUT2D eigenvalue weighted by Gasteiger charge is 2.27. The molecule has 0 aliphatic carbocycles. The summed E-state index contributed by atoms with van der Waals surface area (Å²) in [5, 5.41) is 0.605. The quantitative estimate of drug-likeness (QED) is 0.507. The third kappa shape index (κ3) is 4.23. The highest BCUT2D eigenvalue weighted by molar-refractivity contribution is 7.92. The summed E-state index contributed by atoms with van der Waals surface area (Å²) in [4.78, 5) is 13.0. The molecule has 5 nitrogen and oxygen atoms in total. The van der Waals surface area contributed by atoms with Gasteiger partial charge in [-0.3, -0.25) is 9.52 Å². The number of hydrogen-bond donors (Lipinski definition) is 1. The summed E-state index contributed by atoms with van der Waals surface area (Å²) in [6.07, 6.45) is 1.00. The van der Waals surface area contributed by atoms with Gasteiger partial charge in [-0.05, 0) is 48.7 Å². The van der Waals surface area contributed by atoms with Crippen LogP contribution in [0.25, 0.3) is 11.3 Å². The maximum atomic E-state index is 12.9. The number of nitrogens with one attached hydrogen (secondary N) is 1. The molecule has 0 aliphatic rings. The molecule has 0 saturated heterocycles. The molecular weight excluding hydrogens is 408 g/mol. The number of carbonyl (C=O) groups is 1. The summed E-state index contributed by atoms with van der Waals surface area (Å²) in [5.41, 5.74) is 2.99. The number of anilines is 1. The first-order chi connectivity index (χ1) is 13.8. The van der Waals surface area contributed by atoms with Crippen LogP contribution in [0.2, 0.25) is 5.02 Å². The molecule has 29 heavy (non-hydrogen) atoms. The number of Topliss-reactive ketones (excluding diaryl/α,β-unsaturated/α-hetero) is 1. The fraction of sp³-hybridized carbons (Fsp3) is 0.227. The van der Waals surface area contributed by atoms with Crippen molar-refractivity contribution in [2.45, 2.75) is 31.6 Å². The molecular formula is C22H23ClN2O3S. The summed E-state index contributed by atoms with van der Waals surface area (Å²) >= 11 is 6.01. The average molecular weight is 431 g/mol. The van der Waals surface area contributed by atoms with E-state index in [1.807, 2.05) is 26.0 Å². The zero-order valence-electron chi connectivity index (χ0n) is 16.6. The zero-order chi connectivity index (χ0) is 21.2. The summed E-state index contributed by atoms with van der Waals surface area (Å²) in [6, 6.07) is 15.4. The molecule has 1 heterocycles. The minimum atomic E-state index is -3.84. The number of nitrogens with zero attached hydrogens (tertiary/aromatic N) is 1. The van der Waals surface area contributed by atoms with E-state index in [0.29, 0.717) is 34.8 Å². The molecule has 1 aromatic heterocycles. The van der Waals surface area contributed by atoms with Gasteiger partial charge in [-0.1, -0.05) is 48.9 Å². The number of carbonyl (C=O) groups excluding carboxylic acids is 1. The van der Waals surface area contributed by atoms with Crippen molar-refractivity contribution >= 4 is 33.1 Å². The summed E-state index contributed by atoms with van der Waals surface area (Å²) < 4.78 is 30.3. The Kier molecular flexibility index (Phi) is 6.15. The van der Waals surface area contributed by atoms with E-state index in [-0.39, 0.29) is 10.7 Å². The number of hydrogen-bond acceptors (Lipinski definition) is 3. The Morgan fingerprint density at radius 1 is 1.07 bits per heavy atom. The van der Waals surface area contributed by atoms with E-state index in [2.05, 4.69) is 4.72 Å². The summed E-state index contributed by atoms with van der Waals surface area (Å²) in [5.74, 6) is -0.107. The smallest absolute Gasteiger partial charge is 0.261 e. The van der Waals surface area contributed by atoms with Crippen LogP contribution in [0.15, 0.2) is 59.5 Å². The van der Waals surface area contributed by atoms with E-state index in [0.717, 1.165) is 11.3 Å². The Morgan fingerprint density at radius 2 is 1.69 bits per heavy atom. The van der Waals surface area contributed by atoms with Gasteiger partial charge in [0.2, 0.25) is 0 Å². The molecule has 0 bridgehead atoms. The van der Waals surface area contributed by atoms with Crippen molar-refractivity contribution < 1.29 is 13.2 Å². The van der Waals surface area contributed by atoms with Gasteiger partial charge in [0.15, 0.2) is 5.78 Å². The molecule has 0 atom stereocenters. The molecule has 2 aromatic carbocycles. The van der Waals surface area contributed by atoms with Crippen LogP contribution >= 0.6 is 11.6 Å². The van der Waals surface area contributed by atoms with Crippen molar-refractivity contribution in [3.8, 4) is 11.3 Å². The topological polar surface area (TPSA) is 68.2 Å². The van der Waals surface area contributed by atoms with E-state index < -0.39 is 10.0 Å². The van der Waals surface area contributed by atoms with Gasteiger partial charge in [-0.15, -0.1) is 0 Å². The number of rotatable bonds is 7. The number of aromatic nitrogens is 1. The van der Waals surface area contributed by atoms with Crippen molar-refractivity contribution in [2.24, 2.45) is 7.05 Å². The predicted octanol–water partition coefficient (Wildman–Crippen LogP) is 5.44. The highest BCUT2D eigenvalue weighted by Crippen LogP contribution is 2.36. The second-order valence-electron chi connectivity index (χ2n) is 6.85. The second-order valence-corrected chi connectivity index (χ2v) is 8.97. The number of halogens is 1. The first-order valence-electron chi connectivity index (χ1n) is 9.32. The van der Waals surface area contributed by atoms with Crippen molar-refractivity contribution in [3.63, 3.8) is 0 Å². The first-order valence-corrected chi connectivity index (χ1v) is 11.2. The standard InChI is InChI=1S/C22H23ClN2O3S/c1-4-8-19(26)22-20(24-29(27,28)18-9-6-5-7-10-18)15(2)21(25(22)3)16-11-13-17(23)14-12-16/h5-7,9-14,24H,4,8H2,1-3H3. The molecule has 0 saturated carbocycles. The maximum Gasteiger partial charge on any atom is 0.261 e. The van der Waals surface area contributed by atoms with Gasteiger partial charge < -0.3 is 4.57 Å². The average Bonchev–Trinajstić information content (AvgIpc) is 2.93. The molecule has 7 heteroatoms. The minimum absolute atomic E-state index is 0.107. The minimum Gasteiger partial charge on any atom is -0.339 e. The van der Waals surface area contributed by atoms with Crippen LogP contribution in [-0.2, 0) is 17.1 Å². The molecule has 0 unspecified atom stereocenters. The van der Waals surface area contributed by atoms with E-state index >= 15 is 0 Å². The van der Waals surface area contributed by atoms with Gasteiger partial charge in [-0.25, -0.2) is 8.42 Å². The normalized spacial score (nSPS) is 11.4. The third-order valence-electron chi connectivity index (χ3n) is 4.79. The number of benzene rings is 2. The molecule has 1 N–H and O–H groups in total. The van der Waals surface area contributed by atoms with E-state index in [9.17, 15) is 13.2 Å². The highest BCUT2D eigenvalue weighted by atomic mass is 35.5. The van der Waals surface area contributed by atoms with Gasteiger partial charge in [-0.2, -0.15) is 0 Å². The summed E-state index contributed by atoms with van der Waals surface area (Å²) in [6.45, 7) is 3.73.